The quantitative estimate of drug-likeness (QED) is 0.889. The van der Waals surface area contributed by atoms with Crippen molar-refractivity contribution in [2.75, 3.05) is 19.6 Å². The number of hydrogen-bond acceptors (Lipinski definition) is 3. The van der Waals surface area contributed by atoms with Gasteiger partial charge < -0.3 is 10.2 Å². The van der Waals surface area contributed by atoms with Crippen LogP contribution in [0.1, 0.15) is 33.7 Å². The lowest BCUT2D eigenvalue weighted by Crippen LogP contribution is -2.36. The van der Waals surface area contributed by atoms with Crippen LogP contribution in [0.15, 0.2) is 30.3 Å². The van der Waals surface area contributed by atoms with Crippen molar-refractivity contribution in [3.8, 4) is 0 Å². The number of aromatic amines is 1. The van der Waals surface area contributed by atoms with Crippen LogP contribution in [-0.2, 0) is 13.0 Å². The van der Waals surface area contributed by atoms with Gasteiger partial charge >= 0.3 is 0 Å². The minimum atomic E-state index is -0.232. The number of nitrogens with one attached hydrogen (secondary N) is 2. The number of fused-ring (bicyclic) bond motifs is 1. The maximum Gasteiger partial charge on any atom is 0.274 e. The van der Waals surface area contributed by atoms with Crippen molar-refractivity contribution in [3.05, 3.63) is 58.7 Å². The number of amides is 1. The summed E-state index contributed by atoms with van der Waals surface area (Å²) in [6.45, 7) is 2.83. The summed E-state index contributed by atoms with van der Waals surface area (Å²) in [7, 11) is 0. The normalized spacial score (nSPS) is 17.4. The molecule has 1 amide bonds. The first-order chi connectivity index (χ1) is 11.7. The molecule has 6 heteroatoms. The second-order valence-corrected chi connectivity index (χ2v) is 6.19. The van der Waals surface area contributed by atoms with Gasteiger partial charge in [-0.15, -0.1) is 0 Å². The highest BCUT2D eigenvalue weighted by Gasteiger charge is 2.26. The van der Waals surface area contributed by atoms with Crippen molar-refractivity contribution in [1.29, 1.82) is 0 Å². The van der Waals surface area contributed by atoms with Crippen molar-refractivity contribution in [2.24, 2.45) is 0 Å². The molecule has 1 aromatic heterocycles. The van der Waals surface area contributed by atoms with E-state index < -0.39 is 0 Å². The van der Waals surface area contributed by atoms with Crippen LogP contribution >= 0.6 is 0 Å². The molecule has 3 heterocycles. The molecule has 0 atom stereocenters. The number of carbonyl (C=O) groups excluding carboxylic acids is 1. The van der Waals surface area contributed by atoms with Crippen LogP contribution in [0.4, 0.5) is 4.39 Å². The van der Waals surface area contributed by atoms with Crippen molar-refractivity contribution >= 4 is 11.5 Å². The highest BCUT2D eigenvalue weighted by molar-refractivity contribution is 5.94. The Bertz CT molecular complexity index is 794. The topological polar surface area (TPSA) is 61.0 Å². The lowest BCUT2D eigenvalue weighted by molar-refractivity contribution is 0.0766. The van der Waals surface area contributed by atoms with E-state index in [4.69, 9.17) is 0 Å². The zero-order chi connectivity index (χ0) is 16.5. The second-order valence-electron chi connectivity index (χ2n) is 6.19. The maximum absolute atomic E-state index is 13.0. The van der Waals surface area contributed by atoms with Crippen LogP contribution in [0.5, 0.6) is 0 Å². The summed E-state index contributed by atoms with van der Waals surface area (Å²) >= 11 is 0. The predicted molar refractivity (Wildman–Crippen MR) is 88.9 cm³/mol. The van der Waals surface area contributed by atoms with E-state index in [0.29, 0.717) is 18.8 Å². The first-order valence-corrected chi connectivity index (χ1v) is 8.23. The van der Waals surface area contributed by atoms with Crippen molar-refractivity contribution in [2.45, 2.75) is 19.4 Å². The summed E-state index contributed by atoms with van der Waals surface area (Å²) in [6, 6.07) is 6.51. The van der Waals surface area contributed by atoms with Gasteiger partial charge in [-0.1, -0.05) is 18.2 Å². The number of carbonyl (C=O) groups is 1. The largest absolute Gasteiger partial charge is 0.333 e. The van der Waals surface area contributed by atoms with Crippen molar-refractivity contribution in [1.82, 2.24) is 20.4 Å². The van der Waals surface area contributed by atoms with Crippen LogP contribution in [0, 0.1) is 5.82 Å². The van der Waals surface area contributed by atoms with E-state index >= 15 is 0 Å². The molecule has 0 radical (unpaired) electrons. The number of aromatic nitrogens is 2. The van der Waals surface area contributed by atoms with Crippen LogP contribution < -0.4 is 5.32 Å². The van der Waals surface area contributed by atoms with Crippen molar-refractivity contribution < 1.29 is 9.18 Å². The van der Waals surface area contributed by atoms with Gasteiger partial charge in [-0.25, -0.2) is 4.39 Å². The fraction of sp³-hybridized carbons (Fsp3) is 0.333. The Hall–Kier alpha value is -2.47. The average molecular weight is 326 g/mol. The lowest BCUT2D eigenvalue weighted by Gasteiger charge is -2.26. The third-order valence-corrected chi connectivity index (χ3v) is 4.72. The molecule has 1 aromatic carbocycles. The average Bonchev–Trinajstić information content (AvgIpc) is 3.06. The van der Waals surface area contributed by atoms with Gasteiger partial charge in [0.05, 0.1) is 5.69 Å². The molecular formula is C18H19FN4O. The molecule has 124 valence electrons. The molecule has 0 unspecified atom stereocenters. The first kappa shape index (κ1) is 15.1. The molecule has 4 rings (SSSR count). The summed E-state index contributed by atoms with van der Waals surface area (Å²) in [4.78, 5) is 14.6. The van der Waals surface area contributed by atoms with Gasteiger partial charge in [0, 0.05) is 25.2 Å². The van der Waals surface area contributed by atoms with Gasteiger partial charge in [0.25, 0.3) is 5.91 Å². The monoisotopic (exact) mass is 326 g/mol. The Labute approximate surface area is 139 Å². The summed E-state index contributed by atoms with van der Waals surface area (Å²) < 4.78 is 13.0. The van der Waals surface area contributed by atoms with Crippen molar-refractivity contribution in [3.63, 3.8) is 0 Å². The van der Waals surface area contributed by atoms with E-state index in [2.05, 4.69) is 21.6 Å². The van der Waals surface area contributed by atoms with E-state index in [1.165, 1.54) is 12.1 Å². The zero-order valence-electron chi connectivity index (χ0n) is 13.3. The van der Waals surface area contributed by atoms with Gasteiger partial charge in [-0.3, -0.25) is 9.89 Å². The fourth-order valence-electron chi connectivity index (χ4n) is 3.35. The molecule has 2 aliphatic rings. The third-order valence-electron chi connectivity index (χ3n) is 4.72. The summed E-state index contributed by atoms with van der Waals surface area (Å²) in [5, 5.41) is 10.5. The highest BCUT2D eigenvalue weighted by Crippen LogP contribution is 2.24. The smallest absolute Gasteiger partial charge is 0.274 e. The number of hydrogen-bond donors (Lipinski definition) is 2. The molecule has 2 aromatic rings. The van der Waals surface area contributed by atoms with Gasteiger partial charge in [-0.2, -0.15) is 5.10 Å². The molecule has 5 nitrogen and oxygen atoms in total. The minimum absolute atomic E-state index is 0.0104. The molecular weight excluding hydrogens is 307 g/mol. The Morgan fingerprint density at radius 2 is 2.04 bits per heavy atom. The molecule has 0 aliphatic carbocycles. The standard InChI is InChI=1S/C18H19FN4O/c19-14-3-1-12(2-4-14)13-6-9-23(10-7-13)18(24)17-15-5-8-20-11-16(15)21-22-17/h1-4,6,20H,5,7-11H2,(H,21,22). The predicted octanol–water partition coefficient (Wildman–Crippen LogP) is 2.12. The van der Waals surface area contributed by atoms with Crippen LogP contribution in [-0.4, -0.2) is 40.6 Å². The Morgan fingerprint density at radius 1 is 1.21 bits per heavy atom. The van der Waals surface area contributed by atoms with Crippen LogP contribution in [0.25, 0.3) is 5.57 Å². The molecule has 0 saturated carbocycles. The van der Waals surface area contributed by atoms with Gasteiger partial charge in [0.1, 0.15) is 5.82 Å². The van der Waals surface area contributed by atoms with Crippen LogP contribution in [0.3, 0.4) is 0 Å². The molecule has 24 heavy (non-hydrogen) atoms. The number of nitrogens with zero attached hydrogens (tertiary/aromatic N) is 2. The Morgan fingerprint density at radius 3 is 2.79 bits per heavy atom. The Kier molecular flexibility index (Phi) is 3.90. The zero-order valence-corrected chi connectivity index (χ0v) is 13.3. The van der Waals surface area contributed by atoms with Crippen LogP contribution in [0.2, 0.25) is 0 Å². The SMILES string of the molecule is O=C(c1n[nH]c2c1CCNC2)N1CC=C(c2ccc(F)cc2)CC1. The first-order valence-electron chi connectivity index (χ1n) is 8.23. The molecule has 2 N–H and O–H groups in total. The highest BCUT2D eigenvalue weighted by atomic mass is 19.1. The number of halogens is 1. The molecule has 2 aliphatic heterocycles. The summed E-state index contributed by atoms with van der Waals surface area (Å²) in [5.74, 6) is -0.242. The number of H-pyrrole nitrogens is 1. The van der Waals surface area contributed by atoms with Gasteiger partial charge in [-0.05, 0) is 42.7 Å². The third kappa shape index (κ3) is 2.73. The summed E-state index contributed by atoms with van der Waals surface area (Å²) in [5.41, 5.74) is 4.81. The minimum Gasteiger partial charge on any atom is -0.333 e. The van der Waals surface area contributed by atoms with E-state index in [1.54, 1.807) is 12.1 Å². The van der Waals surface area contributed by atoms with E-state index in [1.807, 2.05) is 4.90 Å². The summed E-state index contributed by atoms with van der Waals surface area (Å²) in [6.07, 6.45) is 3.65. The Balaban J connectivity index is 1.50. The fourth-order valence-corrected chi connectivity index (χ4v) is 3.35. The second kappa shape index (κ2) is 6.20. The van der Waals surface area contributed by atoms with Gasteiger partial charge in [0.2, 0.25) is 0 Å². The van der Waals surface area contributed by atoms with E-state index in [9.17, 15) is 9.18 Å². The lowest BCUT2D eigenvalue weighted by atomic mass is 9.99. The maximum atomic E-state index is 13.0. The molecule has 0 fully saturated rings. The number of benzene rings is 1. The van der Waals surface area contributed by atoms with E-state index in [0.717, 1.165) is 48.3 Å². The van der Waals surface area contributed by atoms with Gasteiger partial charge in [0.15, 0.2) is 5.69 Å². The number of rotatable bonds is 2. The molecule has 0 spiro atoms. The van der Waals surface area contributed by atoms with E-state index in [-0.39, 0.29) is 11.7 Å². The molecule has 0 saturated heterocycles. The molecule has 0 bridgehead atoms.